The van der Waals surface area contributed by atoms with Crippen molar-refractivity contribution in [2.75, 3.05) is 0 Å². The van der Waals surface area contributed by atoms with Crippen molar-refractivity contribution in [1.29, 1.82) is 0 Å². The Balaban J connectivity index is 2.16. The molecule has 1 fully saturated rings. The van der Waals surface area contributed by atoms with Gasteiger partial charge in [-0.1, -0.05) is 19.3 Å². The normalized spacial score (nSPS) is 17.7. The maximum atomic E-state index is 12.2. The van der Waals surface area contributed by atoms with Gasteiger partial charge in [0.05, 0.1) is 0 Å². The molecule has 0 aliphatic heterocycles. The third kappa shape index (κ3) is 2.25. The number of hydrogen-bond donors (Lipinski definition) is 0. The minimum absolute atomic E-state index is 0.252. The van der Waals surface area contributed by atoms with Crippen LogP contribution in [0.2, 0.25) is 0 Å². The van der Waals surface area contributed by atoms with Crippen molar-refractivity contribution in [3.8, 4) is 0 Å². The van der Waals surface area contributed by atoms with E-state index in [9.17, 15) is 4.79 Å². The predicted octanol–water partition coefficient (Wildman–Crippen LogP) is 3.15. The van der Waals surface area contributed by atoms with Crippen molar-refractivity contribution in [3.05, 3.63) is 29.6 Å². The summed E-state index contributed by atoms with van der Waals surface area (Å²) in [5.74, 6) is 0.557. The van der Waals surface area contributed by atoms with Gasteiger partial charge in [0, 0.05) is 23.9 Å². The molecular formula is C13H17NO. The Morgan fingerprint density at radius 3 is 2.73 bits per heavy atom. The van der Waals surface area contributed by atoms with Crippen LogP contribution in [0.15, 0.2) is 18.5 Å². The highest BCUT2D eigenvalue weighted by Crippen LogP contribution is 2.27. The number of ketones is 1. The fraction of sp³-hybridized carbons (Fsp3) is 0.538. The summed E-state index contributed by atoms with van der Waals surface area (Å²) in [5.41, 5.74) is 1.88. The van der Waals surface area contributed by atoms with Crippen molar-refractivity contribution in [2.45, 2.75) is 39.0 Å². The minimum atomic E-state index is 0.252. The van der Waals surface area contributed by atoms with Gasteiger partial charge >= 0.3 is 0 Å². The maximum absolute atomic E-state index is 12.2. The van der Waals surface area contributed by atoms with E-state index in [0.29, 0.717) is 5.78 Å². The predicted molar refractivity (Wildman–Crippen MR) is 59.9 cm³/mol. The SMILES string of the molecule is Cc1ccncc1C(=O)C1CCCCC1. The van der Waals surface area contributed by atoms with Gasteiger partial charge < -0.3 is 0 Å². The standard InChI is InChI=1S/C13H17NO/c1-10-7-8-14-9-12(10)13(15)11-5-3-2-4-6-11/h7-9,11H,2-6H2,1H3. The molecule has 2 heteroatoms. The van der Waals surface area contributed by atoms with Gasteiger partial charge in [-0.3, -0.25) is 9.78 Å². The summed E-state index contributed by atoms with van der Waals surface area (Å²) in [7, 11) is 0. The van der Waals surface area contributed by atoms with E-state index in [1.54, 1.807) is 12.4 Å². The van der Waals surface area contributed by atoms with Crippen LogP contribution in [-0.2, 0) is 0 Å². The molecular weight excluding hydrogens is 186 g/mol. The van der Waals surface area contributed by atoms with E-state index in [-0.39, 0.29) is 5.92 Å². The van der Waals surface area contributed by atoms with Crippen LogP contribution in [0, 0.1) is 12.8 Å². The zero-order valence-corrected chi connectivity index (χ0v) is 9.20. The van der Waals surface area contributed by atoms with E-state index in [1.165, 1.54) is 19.3 Å². The second-order valence-corrected chi connectivity index (χ2v) is 4.39. The summed E-state index contributed by atoms with van der Waals surface area (Å²) >= 11 is 0. The summed E-state index contributed by atoms with van der Waals surface area (Å²) in [5, 5.41) is 0. The minimum Gasteiger partial charge on any atom is -0.294 e. The lowest BCUT2D eigenvalue weighted by molar-refractivity contribution is 0.0888. The monoisotopic (exact) mass is 203 g/mol. The van der Waals surface area contributed by atoms with Crippen LogP contribution in [-0.4, -0.2) is 10.8 Å². The molecule has 0 atom stereocenters. The highest BCUT2D eigenvalue weighted by atomic mass is 16.1. The second kappa shape index (κ2) is 4.56. The van der Waals surface area contributed by atoms with Crippen LogP contribution >= 0.6 is 0 Å². The zero-order valence-electron chi connectivity index (χ0n) is 9.20. The molecule has 15 heavy (non-hydrogen) atoms. The van der Waals surface area contributed by atoms with Crippen LogP contribution in [0.3, 0.4) is 0 Å². The molecule has 2 rings (SSSR count). The third-order valence-electron chi connectivity index (χ3n) is 3.28. The average Bonchev–Trinajstić information content (AvgIpc) is 2.30. The maximum Gasteiger partial charge on any atom is 0.167 e. The Hall–Kier alpha value is -1.18. The summed E-state index contributed by atoms with van der Waals surface area (Å²) in [6.45, 7) is 1.98. The first-order valence-corrected chi connectivity index (χ1v) is 5.74. The lowest BCUT2D eigenvalue weighted by Crippen LogP contribution is -2.18. The third-order valence-corrected chi connectivity index (χ3v) is 3.28. The van der Waals surface area contributed by atoms with Gasteiger partial charge in [0.25, 0.3) is 0 Å². The van der Waals surface area contributed by atoms with Crippen molar-refractivity contribution >= 4 is 5.78 Å². The fourth-order valence-electron chi connectivity index (χ4n) is 2.31. The van der Waals surface area contributed by atoms with Gasteiger partial charge in [0.2, 0.25) is 0 Å². The molecule has 1 heterocycles. The van der Waals surface area contributed by atoms with Crippen molar-refractivity contribution in [2.24, 2.45) is 5.92 Å². The molecule has 80 valence electrons. The van der Waals surface area contributed by atoms with Crippen LogP contribution in [0.1, 0.15) is 48.0 Å². The summed E-state index contributed by atoms with van der Waals surface area (Å²) in [6, 6.07) is 1.91. The smallest absolute Gasteiger partial charge is 0.167 e. The molecule has 0 spiro atoms. The first-order chi connectivity index (χ1) is 7.29. The molecule has 2 nitrogen and oxygen atoms in total. The Bertz CT molecular complexity index is 353. The van der Waals surface area contributed by atoms with E-state index in [1.807, 2.05) is 13.0 Å². The second-order valence-electron chi connectivity index (χ2n) is 4.39. The first kappa shape index (κ1) is 10.3. The number of hydrogen-bond acceptors (Lipinski definition) is 2. The fourth-order valence-corrected chi connectivity index (χ4v) is 2.31. The highest BCUT2D eigenvalue weighted by Gasteiger charge is 2.23. The quantitative estimate of drug-likeness (QED) is 0.691. The first-order valence-electron chi connectivity index (χ1n) is 5.74. The molecule has 1 aliphatic carbocycles. The number of rotatable bonds is 2. The van der Waals surface area contributed by atoms with Crippen LogP contribution in [0.5, 0.6) is 0 Å². The van der Waals surface area contributed by atoms with Gasteiger partial charge in [-0.05, 0) is 31.4 Å². The van der Waals surface area contributed by atoms with Crippen molar-refractivity contribution in [1.82, 2.24) is 4.98 Å². The molecule has 1 aromatic rings. The number of nitrogens with zero attached hydrogens (tertiary/aromatic N) is 1. The average molecular weight is 203 g/mol. The Morgan fingerprint density at radius 2 is 2.07 bits per heavy atom. The molecule has 0 bridgehead atoms. The van der Waals surface area contributed by atoms with Crippen molar-refractivity contribution in [3.63, 3.8) is 0 Å². The van der Waals surface area contributed by atoms with Crippen LogP contribution in [0.4, 0.5) is 0 Å². The number of aryl methyl sites for hydroxylation is 1. The van der Waals surface area contributed by atoms with E-state index in [2.05, 4.69) is 4.98 Å². The molecule has 0 radical (unpaired) electrons. The zero-order chi connectivity index (χ0) is 10.7. The largest absolute Gasteiger partial charge is 0.294 e. The van der Waals surface area contributed by atoms with Gasteiger partial charge in [0.15, 0.2) is 5.78 Å². The number of carbonyl (C=O) groups is 1. The number of Topliss-reactive ketones (excluding diaryl/α,β-unsaturated/α-hetero) is 1. The molecule has 0 saturated heterocycles. The van der Waals surface area contributed by atoms with Gasteiger partial charge in [-0.25, -0.2) is 0 Å². The molecule has 1 aliphatic rings. The number of pyridine rings is 1. The Labute approximate surface area is 90.7 Å². The van der Waals surface area contributed by atoms with E-state index < -0.39 is 0 Å². The van der Waals surface area contributed by atoms with E-state index in [4.69, 9.17) is 0 Å². The topological polar surface area (TPSA) is 30.0 Å². The molecule has 1 aromatic heterocycles. The summed E-state index contributed by atoms with van der Waals surface area (Å²) in [6.07, 6.45) is 9.28. The van der Waals surface area contributed by atoms with E-state index in [0.717, 1.165) is 24.0 Å². The van der Waals surface area contributed by atoms with Gasteiger partial charge in [0.1, 0.15) is 0 Å². The van der Waals surface area contributed by atoms with E-state index >= 15 is 0 Å². The van der Waals surface area contributed by atoms with Crippen LogP contribution in [0.25, 0.3) is 0 Å². The summed E-state index contributed by atoms with van der Waals surface area (Å²) < 4.78 is 0. The van der Waals surface area contributed by atoms with Crippen molar-refractivity contribution < 1.29 is 4.79 Å². The van der Waals surface area contributed by atoms with Crippen LogP contribution < -0.4 is 0 Å². The van der Waals surface area contributed by atoms with Gasteiger partial charge in [-0.2, -0.15) is 0 Å². The highest BCUT2D eigenvalue weighted by molar-refractivity contribution is 5.98. The molecule has 1 saturated carbocycles. The Kier molecular flexibility index (Phi) is 3.14. The number of carbonyl (C=O) groups excluding carboxylic acids is 1. The molecule has 0 unspecified atom stereocenters. The Morgan fingerprint density at radius 1 is 1.33 bits per heavy atom. The number of aromatic nitrogens is 1. The summed E-state index contributed by atoms with van der Waals surface area (Å²) in [4.78, 5) is 16.2. The molecule has 0 N–H and O–H groups in total. The van der Waals surface area contributed by atoms with Gasteiger partial charge in [-0.15, -0.1) is 0 Å². The lowest BCUT2D eigenvalue weighted by atomic mass is 9.83. The molecule has 0 amide bonds. The molecule has 0 aromatic carbocycles. The lowest BCUT2D eigenvalue weighted by Gasteiger charge is -2.20.